The topological polar surface area (TPSA) is 64.7 Å². The molecular weight excluding hydrogens is 120 g/mol. The summed E-state index contributed by atoms with van der Waals surface area (Å²) in [6.45, 7) is 3.72. The lowest BCUT2D eigenvalue weighted by molar-refractivity contribution is -0.112. The van der Waals surface area contributed by atoms with E-state index in [4.69, 9.17) is 5.73 Å². The summed E-state index contributed by atoms with van der Waals surface area (Å²) in [5, 5.41) is 3.38. The van der Waals surface area contributed by atoms with Crippen LogP contribution in [0.15, 0.2) is 5.16 Å². The van der Waals surface area contributed by atoms with Crippen LogP contribution in [0.4, 0.5) is 0 Å². The molecule has 0 aromatic carbocycles. The molecule has 0 spiro atoms. The summed E-state index contributed by atoms with van der Waals surface area (Å²) in [7, 11) is 0. The Morgan fingerprint density at radius 2 is 2.33 bits per heavy atom. The first-order chi connectivity index (χ1) is 4.18. The van der Waals surface area contributed by atoms with Gasteiger partial charge in [0.15, 0.2) is 0 Å². The average Bonchev–Trinajstić information content (AvgIpc) is 1.82. The summed E-state index contributed by atoms with van der Waals surface area (Å²) in [4.78, 5) is 14.8. The van der Waals surface area contributed by atoms with Crippen molar-refractivity contribution in [2.24, 2.45) is 10.9 Å². The highest BCUT2D eigenvalue weighted by Crippen LogP contribution is 1.78. The van der Waals surface area contributed by atoms with E-state index in [1.807, 2.05) is 0 Å². The third-order valence-electron chi connectivity index (χ3n) is 0.687. The highest BCUT2D eigenvalue weighted by atomic mass is 16.6. The summed E-state index contributed by atoms with van der Waals surface area (Å²) in [6.07, 6.45) is 0. The zero-order valence-corrected chi connectivity index (χ0v) is 5.55. The molecule has 0 saturated carbocycles. The minimum Gasteiger partial charge on any atom is -0.396 e. The number of hydrogen-bond acceptors (Lipinski definition) is 3. The van der Waals surface area contributed by atoms with Gasteiger partial charge in [-0.2, -0.15) is 0 Å². The number of rotatable bonds is 3. The zero-order chi connectivity index (χ0) is 7.28. The molecule has 4 nitrogen and oxygen atoms in total. The molecular formula is C5H10N2O2. The Morgan fingerprint density at radius 3 is 2.67 bits per heavy atom. The Kier molecular flexibility index (Phi) is 3.43. The molecule has 1 amide bonds. The predicted molar refractivity (Wildman–Crippen MR) is 33.9 cm³/mol. The molecule has 0 fully saturated rings. The molecule has 0 saturated heterocycles. The average molecular weight is 130 g/mol. The first kappa shape index (κ1) is 7.94. The molecule has 0 bridgehead atoms. The Labute approximate surface area is 53.7 Å². The molecule has 2 N–H and O–H groups in total. The highest BCUT2D eigenvalue weighted by molar-refractivity contribution is 6.37. The van der Waals surface area contributed by atoms with E-state index in [-0.39, 0.29) is 5.71 Å². The van der Waals surface area contributed by atoms with Gasteiger partial charge in [0.05, 0.1) is 0 Å². The van der Waals surface area contributed by atoms with Crippen LogP contribution < -0.4 is 5.73 Å². The van der Waals surface area contributed by atoms with E-state index in [1.54, 1.807) is 6.92 Å². The number of oxime groups is 1. The zero-order valence-electron chi connectivity index (χ0n) is 5.55. The van der Waals surface area contributed by atoms with Crippen molar-refractivity contribution < 1.29 is 9.63 Å². The van der Waals surface area contributed by atoms with Crippen LogP contribution in [0.5, 0.6) is 0 Å². The monoisotopic (exact) mass is 130 g/mol. The fraction of sp³-hybridized carbons (Fsp3) is 0.600. The second kappa shape index (κ2) is 3.88. The fourth-order valence-electron chi connectivity index (χ4n) is 0.206. The van der Waals surface area contributed by atoms with Gasteiger partial charge >= 0.3 is 0 Å². The van der Waals surface area contributed by atoms with Crippen LogP contribution in [0.25, 0.3) is 0 Å². The van der Waals surface area contributed by atoms with Gasteiger partial charge in [-0.1, -0.05) is 5.16 Å². The summed E-state index contributed by atoms with van der Waals surface area (Å²) in [5.41, 5.74) is 5.02. The van der Waals surface area contributed by atoms with Crippen LogP contribution in [0, 0.1) is 0 Å². The van der Waals surface area contributed by atoms with Gasteiger partial charge < -0.3 is 10.6 Å². The number of carbonyl (C=O) groups is 1. The van der Waals surface area contributed by atoms with Crippen molar-refractivity contribution in [2.45, 2.75) is 13.8 Å². The molecule has 0 aliphatic carbocycles. The van der Waals surface area contributed by atoms with E-state index in [0.717, 1.165) is 0 Å². The lowest BCUT2D eigenvalue weighted by Crippen LogP contribution is -2.20. The number of nitrogens with two attached hydrogens (primary N) is 1. The smallest absolute Gasteiger partial charge is 0.266 e. The molecule has 0 rings (SSSR count). The molecule has 0 aliphatic rings. The molecule has 9 heavy (non-hydrogen) atoms. The van der Waals surface area contributed by atoms with E-state index in [2.05, 4.69) is 9.99 Å². The van der Waals surface area contributed by atoms with Crippen LogP contribution in [0.1, 0.15) is 13.8 Å². The van der Waals surface area contributed by atoms with Gasteiger partial charge in [0.1, 0.15) is 12.3 Å². The van der Waals surface area contributed by atoms with Crippen LogP contribution in [0.2, 0.25) is 0 Å². The van der Waals surface area contributed by atoms with E-state index in [9.17, 15) is 4.79 Å². The number of nitrogens with zero attached hydrogens (tertiary/aromatic N) is 1. The fourth-order valence-corrected chi connectivity index (χ4v) is 0.206. The third kappa shape index (κ3) is 3.52. The Bertz CT molecular complexity index is 131. The maximum absolute atomic E-state index is 10.2. The second-order valence-electron chi connectivity index (χ2n) is 1.46. The van der Waals surface area contributed by atoms with Gasteiger partial charge in [-0.3, -0.25) is 4.79 Å². The quantitative estimate of drug-likeness (QED) is 0.427. The van der Waals surface area contributed by atoms with Crippen molar-refractivity contribution in [3.8, 4) is 0 Å². The van der Waals surface area contributed by atoms with Gasteiger partial charge in [-0.25, -0.2) is 0 Å². The minimum atomic E-state index is -0.552. The third-order valence-corrected chi connectivity index (χ3v) is 0.687. The van der Waals surface area contributed by atoms with Crippen LogP contribution in [-0.4, -0.2) is 18.2 Å². The van der Waals surface area contributed by atoms with Crippen molar-refractivity contribution in [2.75, 3.05) is 6.61 Å². The highest BCUT2D eigenvalue weighted by Gasteiger charge is 1.96. The number of hydrogen-bond donors (Lipinski definition) is 1. The SMILES string of the molecule is CCON=C(C)C(N)=O. The molecule has 0 heterocycles. The second-order valence-corrected chi connectivity index (χ2v) is 1.46. The Balaban J connectivity index is 3.69. The summed E-state index contributed by atoms with van der Waals surface area (Å²) >= 11 is 0. The molecule has 0 atom stereocenters. The molecule has 0 unspecified atom stereocenters. The maximum Gasteiger partial charge on any atom is 0.266 e. The molecule has 52 valence electrons. The lowest BCUT2D eigenvalue weighted by atomic mass is 10.4. The number of primary amides is 1. The molecule has 0 aliphatic heterocycles. The first-order valence-corrected chi connectivity index (χ1v) is 2.64. The minimum absolute atomic E-state index is 0.192. The van der Waals surface area contributed by atoms with E-state index >= 15 is 0 Å². The van der Waals surface area contributed by atoms with Crippen molar-refractivity contribution in [1.29, 1.82) is 0 Å². The van der Waals surface area contributed by atoms with Crippen molar-refractivity contribution in [3.05, 3.63) is 0 Å². The van der Waals surface area contributed by atoms with Gasteiger partial charge in [0.2, 0.25) is 0 Å². The Hall–Kier alpha value is -1.06. The van der Waals surface area contributed by atoms with Crippen molar-refractivity contribution in [3.63, 3.8) is 0 Å². The van der Waals surface area contributed by atoms with E-state index in [1.165, 1.54) is 6.92 Å². The largest absolute Gasteiger partial charge is 0.396 e. The molecule has 0 radical (unpaired) electrons. The first-order valence-electron chi connectivity index (χ1n) is 2.64. The van der Waals surface area contributed by atoms with Crippen molar-refractivity contribution in [1.82, 2.24) is 0 Å². The van der Waals surface area contributed by atoms with Gasteiger partial charge in [-0.05, 0) is 13.8 Å². The lowest BCUT2D eigenvalue weighted by Gasteiger charge is -1.92. The maximum atomic E-state index is 10.2. The van der Waals surface area contributed by atoms with Gasteiger partial charge in [0, 0.05) is 0 Å². The molecule has 0 aromatic rings. The standard InChI is InChI=1S/C5H10N2O2/c1-3-9-7-4(2)5(6)8/h3H2,1-2H3,(H2,6,8). The molecule has 0 aromatic heterocycles. The van der Waals surface area contributed by atoms with Crippen LogP contribution in [-0.2, 0) is 9.63 Å². The van der Waals surface area contributed by atoms with Crippen LogP contribution in [0.3, 0.4) is 0 Å². The van der Waals surface area contributed by atoms with Gasteiger partial charge in [0.25, 0.3) is 5.91 Å². The van der Waals surface area contributed by atoms with Gasteiger partial charge in [-0.15, -0.1) is 0 Å². The summed E-state index contributed by atoms with van der Waals surface area (Å²) in [5.74, 6) is -0.552. The predicted octanol–water partition coefficient (Wildman–Crippen LogP) is -0.116. The van der Waals surface area contributed by atoms with Crippen molar-refractivity contribution >= 4 is 11.6 Å². The molecule has 4 heteroatoms. The summed E-state index contributed by atoms with van der Waals surface area (Å²) in [6, 6.07) is 0. The van der Waals surface area contributed by atoms with E-state index < -0.39 is 5.91 Å². The number of carbonyl (C=O) groups excluding carboxylic acids is 1. The Morgan fingerprint density at radius 1 is 1.78 bits per heavy atom. The summed E-state index contributed by atoms with van der Waals surface area (Å²) < 4.78 is 0. The van der Waals surface area contributed by atoms with Crippen LogP contribution >= 0.6 is 0 Å². The normalized spacial score (nSPS) is 11.1. The number of amides is 1. The van der Waals surface area contributed by atoms with E-state index in [0.29, 0.717) is 6.61 Å².